The van der Waals surface area contributed by atoms with Crippen molar-refractivity contribution in [2.24, 2.45) is 0 Å². The number of nitrogens with one attached hydrogen (secondary N) is 3. The van der Waals surface area contributed by atoms with Crippen LogP contribution in [-0.4, -0.2) is 74.8 Å². The van der Waals surface area contributed by atoms with Crippen molar-refractivity contribution in [2.75, 3.05) is 38.1 Å². The highest BCUT2D eigenvalue weighted by atomic mass is 79.9. The van der Waals surface area contributed by atoms with Gasteiger partial charge in [0.1, 0.15) is 16.5 Å². The highest BCUT2D eigenvalue weighted by Crippen LogP contribution is 2.22. The molecule has 9 N–H and O–H groups in total. The molecule has 1 atom stereocenters. The fourth-order valence-electron chi connectivity index (χ4n) is 3.61. The van der Waals surface area contributed by atoms with Crippen LogP contribution < -0.4 is 42.9 Å². The summed E-state index contributed by atoms with van der Waals surface area (Å²) in [6.45, 7) is 7.27. The summed E-state index contributed by atoms with van der Waals surface area (Å²) in [6, 6.07) is 19.0. The molecule has 0 aliphatic carbocycles. The number of carbonyl (C=O) groups is 2. The Morgan fingerprint density at radius 2 is 1.38 bits per heavy atom. The van der Waals surface area contributed by atoms with Gasteiger partial charge < -0.3 is 46.5 Å². The molecule has 3 aromatic heterocycles. The summed E-state index contributed by atoms with van der Waals surface area (Å²) in [4.78, 5) is 54.8. The molecule has 1 amide bonds. The van der Waals surface area contributed by atoms with Gasteiger partial charge in [0.05, 0.1) is 56.9 Å². The number of aromatic nitrogens is 6. The summed E-state index contributed by atoms with van der Waals surface area (Å²) in [5, 5.41) is 5.24. The van der Waals surface area contributed by atoms with Crippen LogP contribution in [0.1, 0.15) is 27.7 Å². The summed E-state index contributed by atoms with van der Waals surface area (Å²) in [5.74, 6) is 1.29. The molecule has 0 aliphatic rings. The predicted molar refractivity (Wildman–Crippen MR) is 207 cm³/mol. The Labute approximate surface area is 315 Å². The highest BCUT2D eigenvalue weighted by Gasteiger charge is 2.15. The van der Waals surface area contributed by atoms with Gasteiger partial charge in [0, 0.05) is 5.56 Å². The molecular formula is C35H44BrN11O6. The molecule has 0 spiro atoms. The molecule has 2 aromatic carbocycles. The van der Waals surface area contributed by atoms with Crippen LogP contribution >= 0.6 is 15.9 Å². The maximum atomic E-state index is 11.2. The number of H-pyrrole nitrogens is 1. The Hall–Kier alpha value is -6.14. The van der Waals surface area contributed by atoms with Gasteiger partial charge >= 0.3 is 6.09 Å². The number of aromatic amines is 1. The molecule has 53 heavy (non-hydrogen) atoms. The van der Waals surface area contributed by atoms with E-state index in [0.29, 0.717) is 33.7 Å². The topological polar surface area (TPSA) is 261 Å². The minimum absolute atomic E-state index is 0.00955. The van der Waals surface area contributed by atoms with E-state index in [0.717, 1.165) is 23.1 Å². The van der Waals surface area contributed by atoms with Crippen molar-refractivity contribution >= 4 is 45.8 Å². The first-order valence-electron chi connectivity index (χ1n) is 15.8. The van der Waals surface area contributed by atoms with E-state index in [-0.39, 0.29) is 24.1 Å². The van der Waals surface area contributed by atoms with E-state index in [1.54, 1.807) is 40.1 Å². The molecule has 5 aromatic rings. The van der Waals surface area contributed by atoms with Crippen molar-refractivity contribution in [3.63, 3.8) is 0 Å². The maximum Gasteiger partial charge on any atom is 0.408 e. The summed E-state index contributed by atoms with van der Waals surface area (Å²) >= 11 is 3.13. The number of nitrogens with zero attached hydrogens (tertiary/aromatic N) is 5. The number of alkyl carbamates (subject to hydrolysis) is 1. The molecule has 3 heterocycles. The second kappa shape index (κ2) is 21.9. The lowest BCUT2D eigenvalue weighted by atomic mass is 10.2. The largest absolute Gasteiger partial charge is 0.478 e. The fraction of sp³-hybridized carbons (Fsp3) is 0.257. The molecule has 0 radical (unpaired) electrons. The number of benzene rings is 2. The Bertz CT molecular complexity index is 1930. The lowest BCUT2D eigenvalue weighted by molar-refractivity contribution is -0.109. The molecule has 282 valence electrons. The zero-order chi connectivity index (χ0) is 39.4. The number of anilines is 3. The maximum absolute atomic E-state index is 11.2. The molecule has 0 aliphatic heterocycles. The normalized spacial score (nSPS) is 10.7. The van der Waals surface area contributed by atoms with Gasteiger partial charge in [0.15, 0.2) is 17.5 Å². The first kappa shape index (κ1) is 43.0. The van der Waals surface area contributed by atoms with E-state index in [9.17, 15) is 14.4 Å². The van der Waals surface area contributed by atoms with Crippen LogP contribution in [0.5, 0.6) is 11.8 Å². The monoisotopic (exact) mass is 793 g/mol. The van der Waals surface area contributed by atoms with Crippen LogP contribution in [0, 0.1) is 0 Å². The molecule has 17 nitrogen and oxygen atoms in total. The van der Waals surface area contributed by atoms with E-state index >= 15 is 0 Å². The number of carbonyl (C=O) groups excluding carboxylic acids is 2. The molecule has 0 fully saturated rings. The van der Waals surface area contributed by atoms with Crippen molar-refractivity contribution in [3.05, 3.63) is 94.2 Å². The second-order valence-electron chi connectivity index (χ2n) is 11.5. The van der Waals surface area contributed by atoms with Gasteiger partial charge in [-0.2, -0.15) is 0 Å². The average Bonchev–Trinajstić information content (AvgIpc) is 3.14. The van der Waals surface area contributed by atoms with Crippen molar-refractivity contribution in [2.45, 2.75) is 39.3 Å². The number of methoxy groups -OCH3 is 2. The number of nitrogens with two attached hydrogens (primary N) is 3. The lowest BCUT2D eigenvalue weighted by Gasteiger charge is -2.20. The van der Waals surface area contributed by atoms with Gasteiger partial charge in [-0.25, -0.2) is 29.7 Å². The van der Waals surface area contributed by atoms with Gasteiger partial charge in [-0.15, -0.1) is 0 Å². The summed E-state index contributed by atoms with van der Waals surface area (Å²) < 4.78 is 15.4. The number of ether oxygens (including phenoxy) is 3. The summed E-state index contributed by atoms with van der Waals surface area (Å²) in [6.07, 6.45) is 4.96. The smallest absolute Gasteiger partial charge is 0.408 e. The SMILES string of the molecule is COc1nc(-c2ccccc2)cnc1N.COc1nc(Br)cnc1N.C[C@@H](C=O)NCNC(=O)OC(C)(C)C.Nc1ncc(-c2ccccc2)[nH]c1=O. The van der Waals surface area contributed by atoms with Crippen LogP contribution in [0.3, 0.4) is 0 Å². The number of aldehydes is 1. The Balaban J connectivity index is 0.000000247. The number of hydrogen-bond acceptors (Lipinski definition) is 15. The zero-order valence-corrected chi connectivity index (χ0v) is 31.7. The summed E-state index contributed by atoms with van der Waals surface area (Å²) in [7, 11) is 3.02. The summed E-state index contributed by atoms with van der Waals surface area (Å²) in [5.41, 5.74) is 18.7. The van der Waals surface area contributed by atoms with Crippen LogP contribution in [0.25, 0.3) is 22.5 Å². The Morgan fingerprint density at radius 1 is 0.849 bits per heavy atom. The number of amides is 1. The van der Waals surface area contributed by atoms with Crippen molar-refractivity contribution in [1.29, 1.82) is 0 Å². The van der Waals surface area contributed by atoms with E-state index in [1.807, 2.05) is 60.7 Å². The van der Waals surface area contributed by atoms with Crippen LogP contribution in [0.2, 0.25) is 0 Å². The highest BCUT2D eigenvalue weighted by molar-refractivity contribution is 9.10. The first-order valence-corrected chi connectivity index (χ1v) is 16.6. The van der Waals surface area contributed by atoms with Crippen LogP contribution in [-0.2, 0) is 9.53 Å². The minimum atomic E-state index is -0.500. The lowest BCUT2D eigenvalue weighted by Crippen LogP contribution is -2.41. The number of halogens is 1. The first-order chi connectivity index (χ1) is 25.2. The second-order valence-corrected chi connectivity index (χ2v) is 12.3. The molecular weight excluding hydrogens is 750 g/mol. The standard InChI is InChI=1S/C11H11N3O.C10H9N3O.C9H18N2O3.C5H6BrN3O/c1-15-11-10(12)13-7-9(14-11)8-5-3-2-4-6-8;11-9-10(14)13-8(6-12-9)7-4-2-1-3-5-7;1-7(5-12)10-6-11-8(13)14-9(2,3)4;1-10-5-4(7)8-2-3(6)9-5/h2-7H,1H3,(H2,12,13);1-6H,(H2,11,12)(H,13,14);5,7,10H,6H2,1-4H3,(H,11,13);2H,1H3,(H2,7,8)/t;;7-;/m..0./s1. The van der Waals surface area contributed by atoms with Crippen molar-refractivity contribution < 1.29 is 23.8 Å². The third-order valence-corrected chi connectivity index (χ3v) is 6.50. The van der Waals surface area contributed by atoms with Gasteiger partial charge in [-0.3, -0.25) is 10.1 Å². The Kier molecular flexibility index (Phi) is 17.8. The molecule has 0 saturated carbocycles. The third-order valence-electron chi connectivity index (χ3n) is 6.12. The molecule has 0 unspecified atom stereocenters. The number of rotatable bonds is 8. The van der Waals surface area contributed by atoms with Crippen molar-refractivity contribution in [1.82, 2.24) is 40.5 Å². The van der Waals surface area contributed by atoms with Gasteiger partial charge in [-0.1, -0.05) is 60.7 Å². The fourth-order valence-corrected chi connectivity index (χ4v) is 3.88. The quantitative estimate of drug-likeness (QED) is 0.0949. The van der Waals surface area contributed by atoms with Gasteiger partial charge in [-0.05, 0) is 49.2 Å². The minimum Gasteiger partial charge on any atom is -0.478 e. The van der Waals surface area contributed by atoms with Crippen molar-refractivity contribution in [3.8, 4) is 34.3 Å². The van der Waals surface area contributed by atoms with Crippen LogP contribution in [0.4, 0.5) is 22.2 Å². The van der Waals surface area contributed by atoms with E-state index in [1.165, 1.54) is 20.4 Å². The molecule has 0 bridgehead atoms. The Morgan fingerprint density at radius 3 is 1.89 bits per heavy atom. The number of nitrogen functional groups attached to an aromatic ring is 3. The van der Waals surface area contributed by atoms with E-state index < -0.39 is 11.7 Å². The van der Waals surface area contributed by atoms with E-state index in [2.05, 4.69) is 56.5 Å². The molecule has 5 rings (SSSR count). The van der Waals surface area contributed by atoms with Gasteiger partial charge in [0.25, 0.3) is 17.3 Å². The van der Waals surface area contributed by atoms with Gasteiger partial charge in [0.2, 0.25) is 0 Å². The third kappa shape index (κ3) is 16.2. The number of hydrogen-bond donors (Lipinski definition) is 6. The predicted octanol–water partition coefficient (Wildman–Crippen LogP) is 4.23. The molecule has 18 heteroatoms. The zero-order valence-electron chi connectivity index (χ0n) is 30.2. The van der Waals surface area contributed by atoms with E-state index in [4.69, 9.17) is 31.4 Å². The average molecular weight is 795 g/mol. The van der Waals surface area contributed by atoms with Crippen LogP contribution in [0.15, 0.2) is 88.7 Å². The molecule has 0 saturated heterocycles.